The zero-order chi connectivity index (χ0) is 9.84. The highest BCUT2D eigenvalue weighted by molar-refractivity contribution is 7.99. The number of nitrogens with zero attached hydrogens (tertiary/aromatic N) is 3. The maximum absolute atomic E-state index is 7.20. The van der Waals surface area contributed by atoms with Crippen LogP contribution in [0.5, 0.6) is 0 Å². The molecule has 0 spiro atoms. The van der Waals surface area contributed by atoms with Crippen molar-refractivity contribution < 1.29 is 0 Å². The van der Waals surface area contributed by atoms with Crippen molar-refractivity contribution in [2.75, 3.05) is 5.75 Å². The first-order valence-corrected chi connectivity index (χ1v) is 4.90. The van der Waals surface area contributed by atoms with Crippen LogP contribution in [-0.4, -0.2) is 26.4 Å². The Hall–Kier alpha value is -1.04. The van der Waals surface area contributed by atoms with E-state index >= 15 is 0 Å². The molecular formula is C7H13N5S. The van der Waals surface area contributed by atoms with Crippen LogP contribution < -0.4 is 5.73 Å². The predicted molar refractivity (Wildman–Crippen MR) is 52.8 cm³/mol. The molecule has 0 radical (unpaired) electrons. The quantitative estimate of drug-likeness (QED) is 0.420. The number of amidine groups is 1. The Kier molecular flexibility index (Phi) is 3.30. The van der Waals surface area contributed by atoms with E-state index in [1.165, 1.54) is 0 Å². The molecule has 1 rings (SSSR count). The van der Waals surface area contributed by atoms with E-state index in [9.17, 15) is 0 Å². The van der Waals surface area contributed by atoms with E-state index in [1.807, 2.05) is 18.5 Å². The largest absolute Gasteiger partial charge is 0.387 e. The summed E-state index contributed by atoms with van der Waals surface area (Å²) >= 11 is 1.56. The van der Waals surface area contributed by atoms with E-state index in [-0.39, 0.29) is 11.8 Å². The number of aromatic nitrogens is 3. The minimum absolute atomic E-state index is 0.0849. The number of thioether (sulfide) groups is 1. The van der Waals surface area contributed by atoms with Gasteiger partial charge in [-0.05, 0) is 0 Å². The lowest BCUT2D eigenvalue weighted by Gasteiger charge is -2.07. The number of aryl methyl sites for hydroxylation is 1. The van der Waals surface area contributed by atoms with Gasteiger partial charge in [0.1, 0.15) is 6.33 Å². The van der Waals surface area contributed by atoms with Gasteiger partial charge in [0.25, 0.3) is 0 Å². The highest BCUT2D eigenvalue weighted by atomic mass is 32.2. The lowest BCUT2D eigenvalue weighted by atomic mass is 10.2. The van der Waals surface area contributed by atoms with Gasteiger partial charge in [-0.2, -0.15) is 0 Å². The number of hydrogen-bond acceptors (Lipinski definition) is 4. The third kappa shape index (κ3) is 2.73. The minimum Gasteiger partial charge on any atom is -0.387 e. The van der Waals surface area contributed by atoms with Crippen molar-refractivity contribution in [3.8, 4) is 0 Å². The summed E-state index contributed by atoms with van der Waals surface area (Å²) in [5, 5.41) is 15.7. The van der Waals surface area contributed by atoms with Crippen LogP contribution >= 0.6 is 11.8 Å². The molecule has 0 saturated heterocycles. The molecule has 0 aliphatic carbocycles. The fraction of sp³-hybridized carbons (Fsp3) is 0.571. The molecule has 0 aliphatic rings. The molecule has 1 atom stereocenters. The second-order valence-electron chi connectivity index (χ2n) is 2.89. The van der Waals surface area contributed by atoms with Crippen LogP contribution in [0, 0.1) is 11.3 Å². The smallest absolute Gasteiger partial charge is 0.190 e. The van der Waals surface area contributed by atoms with Gasteiger partial charge in [0, 0.05) is 18.7 Å². The van der Waals surface area contributed by atoms with E-state index in [0.717, 1.165) is 10.9 Å². The molecule has 3 N–H and O–H groups in total. The van der Waals surface area contributed by atoms with Crippen LogP contribution in [0.1, 0.15) is 6.92 Å². The first-order chi connectivity index (χ1) is 6.11. The molecule has 0 aromatic carbocycles. The minimum atomic E-state index is 0.0849. The molecule has 0 saturated carbocycles. The summed E-state index contributed by atoms with van der Waals surface area (Å²) in [7, 11) is 1.89. The first kappa shape index (κ1) is 10.0. The number of rotatable bonds is 4. The van der Waals surface area contributed by atoms with Crippen molar-refractivity contribution in [2.45, 2.75) is 12.1 Å². The Morgan fingerprint density at radius 3 is 3.00 bits per heavy atom. The number of nitrogens with one attached hydrogen (secondary N) is 1. The van der Waals surface area contributed by atoms with Gasteiger partial charge in [-0.1, -0.05) is 18.7 Å². The van der Waals surface area contributed by atoms with Crippen LogP contribution in [0.25, 0.3) is 0 Å². The van der Waals surface area contributed by atoms with Crippen LogP contribution in [0.15, 0.2) is 11.5 Å². The van der Waals surface area contributed by atoms with Gasteiger partial charge >= 0.3 is 0 Å². The molecule has 0 amide bonds. The standard InChI is InChI=1S/C7H13N5S/c1-5(6(8)9)3-13-7-11-10-4-12(7)2/h4-5H,3H2,1-2H3,(H3,8,9). The van der Waals surface area contributed by atoms with Gasteiger partial charge in [-0.3, -0.25) is 5.41 Å². The van der Waals surface area contributed by atoms with Gasteiger partial charge in [0.05, 0.1) is 5.84 Å². The van der Waals surface area contributed by atoms with E-state index in [0.29, 0.717) is 0 Å². The fourth-order valence-corrected chi connectivity index (χ4v) is 1.63. The summed E-state index contributed by atoms with van der Waals surface area (Å²) in [6, 6.07) is 0. The predicted octanol–water partition coefficient (Wildman–Crippen LogP) is 0.479. The van der Waals surface area contributed by atoms with Crippen LogP contribution in [0.3, 0.4) is 0 Å². The third-order valence-electron chi connectivity index (χ3n) is 1.66. The van der Waals surface area contributed by atoms with Crippen molar-refractivity contribution in [3.63, 3.8) is 0 Å². The molecule has 0 fully saturated rings. The molecule has 0 bridgehead atoms. The summed E-state index contributed by atoms with van der Waals surface area (Å²) in [6.45, 7) is 1.92. The zero-order valence-electron chi connectivity index (χ0n) is 7.69. The van der Waals surface area contributed by atoms with Crippen LogP contribution in [-0.2, 0) is 7.05 Å². The van der Waals surface area contributed by atoms with E-state index in [1.54, 1.807) is 18.1 Å². The summed E-state index contributed by atoms with van der Waals surface area (Å²) in [5.74, 6) is 1.07. The van der Waals surface area contributed by atoms with E-state index < -0.39 is 0 Å². The second kappa shape index (κ2) is 4.27. The zero-order valence-corrected chi connectivity index (χ0v) is 8.51. The third-order valence-corrected chi connectivity index (χ3v) is 2.96. The van der Waals surface area contributed by atoms with Crippen LogP contribution in [0.4, 0.5) is 0 Å². The normalized spacial score (nSPS) is 12.8. The summed E-state index contributed by atoms with van der Waals surface area (Å²) < 4.78 is 1.84. The molecule has 72 valence electrons. The fourth-order valence-electron chi connectivity index (χ4n) is 0.693. The highest BCUT2D eigenvalue weighted by Gasteiger charge is 2.08. The van der Waals surface area contributed by atoms with Gasteiger partial charge in [-0.25, -0.2) is 0 Å². The Labute approximate surface area is 81.2 Å². The number of nitrogens with two attached hydrogens (primary N) is 1. The molecule has 5 nitrogen and oxygen atoms in total. The average molecular weight is 199 g/mol. The Balaban J connectivity index is 2.44. The Bertz CT molecular complexity index is 295. The van der Waals surface area contributed by atoms with Crippen molar-refractivity contribution in [2.24, 2.45) is 18.7 Å². The monoisotopic (exact) mass is 199 g/mol. The molecule has 0 aliphatic heterocycles. The van der Waals surface area contributed by atoms with Crippen molar-refractivity contribution in [3.05, 3.63) is 6.33 Å². The number of hydrogen-bond donors (Lipinski definition) is 2. The van der Waals surface area contributed by atoms with Crippen LogP contribution in [0.2, 0.25) is 0 Å². The SMILES string of the molecule is CC(CSc1nncn1C)C(=N)N. The van der Waals surface area contributed by atoms with Gasteiger partial charge in [-0.15, -0.1) is 10.2 Å². The van der Waals surface area contributed by atoms with Gasteiger partial charge < -0.3 is 10.3 Å². The molecule has 1 aromatic heterocycles. The molecule has 6 heteroatoms. The Morgan fingerprint density at radius 1 is 1.85 bits per heavy atom. The van der Waals surface area contributed by atoms with Crippen molar-refractivity contribution in [1.29, 1.82) is 5.41 Å². The maximum atomic E-state index is 7.20. The molecular weight excluding hydrogens is 186 g/mol. The van der Waals surface area contributed by atoms with Gasteiger partial charge in [0.2, 0.25) is 0 Å². The van der Waals surface area contributed by atoms with E-state index in [2.05, 4.69) is 10.2 Å². The second-order valence-corrected chi connectivity index (χ2v) is 3.88. The van der Waals surface area contributed by atoms with Gasteiger partial charge in [0.15, 0.2) is 5.16 Å². The molecule has 1 aromatic rings. The topological polar surface area (TPSA) is 80.6 Å². The molecule has 13 heavy (non-hydrogen) atoms. The summed E-state index contributed by atoms with van der Waals surface area (Å²) in [5.41, 5.74) is 5.34. The lowest BCUT2D eigenvalue weighted by molar-refractivity contribution is 0.783. The maximum Gasteiger partial charge on any atom is 0.190 e. The highest BCUT2D eigenvalue weighted by Crippen LogP contribution is 2.16. The lowest BCUT2D eigenvalue weighted by Crippen LogP contribution is -2.21. The summed E-state index contributed by atoms with van der Waals surface area (Å²) in [6.07, 6.45) is 1.65. The first-order valence-electron chi connectivity index (χ1n) is 3.92. The molecule has 1 heterocycles. The van der Waals surface area contributed by atoms with E-state index in [4.69, 9.17) is 11.1 Å². The average Bonchev–Trinajstić information content (AvgIpc) is 2.47. The van der Waals surface area contributed by atoms with Crippen molar-refractivity contribution >= 4 is 17.6 Å². The summed E-state index contributed by atoms with van der Waals surface area (Å²) in [4.78, 5) is 0. The molecule has 1 unspecified atom stereocenters. The van der Waals surface area contributed by atoms with Crippen molar-refractivity contribution in [1.82, 2.24) is 14.8 Å². The Morgan fingerprint density at radius 2 is 2.54 bits per heavy atom.